The Bertz CT molecular complexity index is 473. The number of benzene rings is 1. The van der Waals surface area contributed by atoms with Crippen molar-refractivity contribution in [3.63, 3.8) is 0 Å². The van der Waals surface area contributed by atoms with Crippen LogP contribution in [0.1, 0.15) is 78.4 Å². The molecule has 21 heavy (non-hydrogen) atoms. The van der Waals surface area contributed by atoms with Crippen molar-refractivity contribution >= 4 is 0 Å². The fourth-order valence-corrected chi connectivity index (χ4v) is 3.50. The van der Waals surface area contributed by atoms with Gasteiger partial charge in [-0.05, 0) is 35.3 Å². The summed E-state index contributed by atoms with van der Waals surface area (Å²) in [7, 11) is 1.61. The van der Waals surface area contributed by atoms with Crippen LogP contribution in [0.15, 0.2) is 12.1 Å². The smallest absolute Gasteiger partial charge is 0.161 e. The molecular formula is C19H32O2. The fourth-order valence-electron chi connectivity index (χ4n) is 3.50. The first kappa shape index (κ1) is 17.9. The van der Waals surface area contributed by atoms with E-state index in [1.807, 2.05) is 6.07 Å². The zero-order chi connectivity index (χ0) is 16.3. The first-order chi connectivity index (χ1) is 9.71. The average molecular weight is 292 g/mol. The summed E-state index contributed by atoms with van der Waals surface area (Å²) >= 11 is 0. The molecule has 0 fully saturated rings. The van der Waals surface area contributed by atoms with E-state index in [4.69, 9.17) is 4.74 Å². The van der Waals surface area contributed by atoms with Gasteiger partial charge in [0.15, 0.2) is 11.5 Å². The quantitative estimate of drug-likeness (QED) is 0.713. The highest BCUT2D eigenvalue weighted by atomic mass is 16.5. The molecule has 0 bridgehead atoms. The van der Waals surface area contributed by atoms with E-state index in [9.17, 15) is 5.11 Å². The van der Waals surface area contributed by atoms with Gasteiger partial charge in [0.25, 0.3) is 0 Å². The van der Waals surface area contributed by atoms with E-state index in [0.29, 0.717) is 11.5 Å². The molecule has 1 rings (SSSR count). The Balaban J connectivity index is 3.55. The minimum absolute atomic E-state index is 0.0544. The largest absolute Gasteiger partial charge is 0.504 e. The third-order valence-electron chi connectivity index (χ3n) is 4.52. The molecule has 1 aromatic carbocycles. The maximum atomic E-state index is 10.7. The summed E-state index contributed by atoms with van der Waals surface area (Å²) in [6, 6.07) is 4.04. The van der Waals surface area contributed by atoms with E-state index >= 15 is 0 Å². The van der Waals surface area contributed by atoms with Crippen LogP contribution < -0.4 is 4.74 Å². The number of hydrogen-bond donors (Lipinski definition) is 1. The first-order valence-electron chi connectivity index (χ1n) is 8.12. The highest BCUT2D eigenvalue weighted by Crippen LogP contribution is 2.46. The van der Waals surface area contributed by atoms with E-state index in [0.717, 1.165) is 31.2 Å². The van der Waals surface area contributed by atoms with Gasteiger partial charge in [0, 0.05) is 5.56 Å². The lowest BCUT2D eigenvalue weighted by molar-refractivity contribution is 0.350. The zero-order valence-corrected chi connectivity index (χ0v) is 14.8. The van der Waals surface area contributed by atoms with E-state index in [1.54, 1.807) is 7.11 Å². The van der Waals surface area contributed by atoms with Gasteiger partial charge in [0.2, 0.25) is 0 Å². The monoisotopic (exact) mass is 292 g/mol. The van der Waals surface area contributed by atoms with Crippen LogP contribution in [-0.2, 0) is 10.8 Å². The summed E-state index contributed by atoms with van der Waals surface area (Å²) in [4.78, 5) is 0. The van der Waals surface area contributed by atoms with Crippen molar-refractivity contribution in [3.05, 3.63) is 23.3 Å². The van der Waals surface area contributed by atoms with Crippen LogP contribution in [0.3, 0.4) is 0 Å². The zero-order valence-electron chi connectivity index (χ0n) is 14.8. The number of methoxy groups -OCH3 is 1. The van der Waals surface area contributed by atoms with Gasteiger partial charge in [-0.2, -0.15) is 0 Å². The molecule has 0 aromatic heterocycles. The van der Waals surface area contributed by atoms with Crippen molar-refractivity contribution in [2.24, 2.45) is 0 Å². The predicted octanol–water partition coefficient (Wildman–Crippen LogP) is 5.56. The van der Waals surface area contributed by atoms with Crippen LogP contribution in [0.5, 0.6) is 11.5 Å². The molecular weight excluding hydrogens is 260 g/mol. The maximum Gasteiger partial charge on any atom is 0.161 e. The van der Waals surface area contributed by atoms with Gasteiger partial charge >= 0.3 is 0 Å². The highest BCUT2D eigenvalue weighted by molar-refractivity contribution is 5.55. The Morgan fingerprint density at radius 2 is 1.48 bits per heavy atom. The van der Waals surface area contributed by atoms with Crippen LogP contribution in [0, 0.1) is 0 Å². The number of phenols is 1. The Hall–Kier alpha value is -1.18. The van der Waals surface area contributed by atoms with Gasteiger partial charge in [-0.1, -0.05) is 60.5 Å². The van der Waals surface area contributed by atoms with E-state index < -0.39 is 0 Å². The van der Waals surface area contributed by atoms with Crippen LogP contribution in [0.2, 0.25) is 0 Å². The van der Waals surface area contributed by atoms with E-state index in [1.165, 1.54) is 5.56 Å². The number of aromatic hydroxyl groups is 1. The third-order valence-corrected chi connectivity index (χ3v) is 4.52. The molecule has 0 heterocycles. The topological polar surface area (TPSA) is 29.5 Å². The molecule has 0 atom stereocenters. The summed E-state index contributed by atoms with van der Waals surface area (Å²) < 4.78 is 5.34. The first-order valence-corrected chi connectivity index (χ1v) is 8.12. The molecule has 2 nitrogen and oxygen atoms in total. The lowest BCUT2D eigenvalue weighted by Crippen LogP contribution is -2.26. The minimum atomic E-state index is -0.0618. The molecule has 0 aliphatic carbocycles. The summed E-state index contributed by atoms with van der Waals surface area (Å²) in [6.07, 6.45) is 4.38. The van der Waals surface area contributed by atoms with Crippen LogP contribution in [0.25, 0.3) is 0 Å². The van der Waals surface area contributed by atoms with Gasteiger partial charge in [-0.3, -0.25) is 0 Å². The minimum Gasteiger partial charge on any atom is -0.504 e. The number of phenolic OH excluding ortho intramolecular Hbond substituents is 1. The maximum absolute atomic E-state index is 10.7. The molecule has 120 valence electrons. The summed E-state index contributed by atoms with van der Waals surface area (Å²) in [6.45, 7) is 13.4. The molecule has 0 radical (unpaired) electrons. The lowest BCUT2D eigenvalue weighted by atomic mass is 9.70. The Morgan fingerprint density at radius 3 is 1.95 bits per heavy atom. The molecule has 1 aromatic rings. The SMILES string of the molecule is CCCC(C)(C)c1ccc(OC)c(O)c1C(C)(C)CCC. The predicted molar refractivity (Wildman–Crippen MR) is 90.5 cm³/mol. The molecule has 0 saturated heterocycles. The van der Waals surface area contributed by atoms with Gasteiger partial charge in [-0.15, -0.1) is 0 Å². The molecule has 0 aliphatic heterocycles. The van der Waals surface area contributed by atoms with Gasteiger partial charge < -0.3 is 9.84 Å². The normalized spacial score (nSPS) is 12.5. The van der Waals surface area contributed by atoms with E-state index in [2.05, 4.69) is 47.6 Å². The molecule has 0 saturated carbocycles. The third kappa shape index (κ3) is 3.72. The molecule has 1 N–H and O–H groups in total. The number of rotatable bonds is 7. The molecule has 0 aliphatic rings. The average Bonchev–Trinajstić information content (AvgIpc) is 2.37. The Labute approximate surface area is 130 Å². The van der Waals surface area contributed by atoms with Crippen molar-refractivity contribution < 1.29 is 9.84 Å². The van der Waals surface area contributed by atoms with Crippen molar-refractivity contribution in [2.45, 2.75) is 78.1 Å². The van der Waals surface area contributed by atoms with Gasteiger partial charge in [0.1, 0.15) is 0 Å². The van der Waals surface area contributed by atoms with Crippen LogP contribution >= 0.6 is 0 Å². The second-order valence-corrected chi connectivity index (χ2v) is 7.31. The molecule has 2 heteroatoms. The van der Waals surface area contributed by atoms with Crippen molar-refractivity contribution in [1.29, 1.82) is 0 Å². The van der Waals surface area contributed by atoms with Crippen molar-refractivity contribution in [3.8, 4) is 11.5 Å². The molecule has 0 amide bonds. The molecule has 0 unspecified atom stereocenters. The van der Waals surface area contributed by atoms with Crippen molar-refractivity contribution in [1.82, 2.24) is 0 Å². The number of ether oxygens (including phenoxy) is 1. The standard InChI is InChI=1S/C19H32O2/c1-8-12-18(3,4)14-10-11-15(21-7)17(20)16(14)19(5,6)13-9-2/h10-11,20H,8-9,12-13H2,1-7H3. The second kappa shape index (κ2) is 6.72. The van der Waals surface area contributed by atoms with Gasteiger partial charge in [0.05, 0.1) is 7.11 Å². The summed E-state index contributed by atoms with van der Waals surface area (Å²) in [5, 5.41) is 10.7. The Morgan fingerprint density at radius 1 is 0.952 bits per heavy atom. The summed E-state index contributed by atoms with van der Waals surface area (Å²) in [5.74, 6) is 0.892. The van der Waals surface area contributed by atoms with Crippen LogP contribution in [-0.4, -0.2) is 12.2 Å². The van der Waals surface area contributed by atoms with E-state index in [-0.39, 0.29) is 10.8 Å². The Kier molecular flexibility index (Phi) is 5.72. The fraction of sp³-hybridized carbons (Fsp3) is 0.684. The van der Waals surface area contributed by atoms with Crippen LogP contribution in [0.4, 0.5) is 0 Å². The number of hydrogen-bond acceptors (Lipinski definition) is 2. The van der Waals surface area contributed by atoms with Crippen molar-refractivity contribution in [2.75, 3.05) is 7.11 Å². The highest BCUT2D eigenvalue weighted by Gasteiger charge is 2.33. The van der Waals surface area contributed by atoms with Gasteiger partial charge in [-0.25, -0.2) is 0 Å². The lowest BCUT2D eigenvalue weighted by Gasteiger charge is -2.35. The molecule has 0 spiro atoms. The second-order valence-electron chi connectivity index (χ2n) is 7.31. The summed E-state index contributed by atoms with van der Waals surface area (Å²) in [5.41, 5.74) is 2.30.